The minimum Gasteiger partial charge on any atom is -0.393 e. The molecular formula is C20H35NO7. The fourth-order valence-corrected chi connectivity index (χ4v) is 2.81. The summed E-state index contributed by atoms with van der Waals surface area (Å²) in [6.07, 6.45) is 1.68. The number of ether oxygens (including phenoxy) is 3. The number of carbonyl (C=O) groups excluding carboxylic acids is 3. The quantitative estimate of drug-likeness (QED) is 0.396. The number of hydrogen-bond acceptors (Lipinski definition) is 7. The summed E-state index contributed by atoms with van der Waals surface area (Å²) < 4.78 is 16.8. The SMILES string of the molecule is CC(=O)CCOCC(COCCC(C)=O)NC(=O)CC(C)(C)OC1CC(O)C1. The van der Waals surface area contributed by atoms with Gasteiger partial charge in [-0.25, -0.2) is 0 Å². The molecular weight excluding hydrogens is 366 g/mol. The second-order valence-electron chi connectivity index (χ2n) is 8.12. The Labute approximate surface area is 167 Å². The molecule has 1 saturated carbocycles. The van der Waals surface area contributed by atoms with Crippen molar-refractivity contribution in [2.75, 3.05) is 26.4 Å². The summed E-state index contributed by atoms with van der Waals surface area (Å²) in [5.74, 6) is -0.114. The van der Waals surface area contributed by atoms with Crippen molar-refractivity contribution in [3.63, 3.8) is 0 Å². The number of nitrogens with one attached hydrogen (secondary N) is 1. The number of aliphatic hydroxyl groups is 1. The van der Waals surface area contributed by atoms with E-state index in [1.807, 2.05) is 13.8 Å². The summed E-state index contributed by atoms with van der Waals surface area (Å²) >= 11 is 0. The maximum absolute atomic E-state index is 12.4. The highest BCUT2D eigenvalue weighted by atomic mass is 16.5. The van der Waals surface area contributed by atoms with Gasteiger partial charge in [0.25, 0.3) is 0 Å². The van der Waals surface area contributed by atoms with Crippen molar-refractivity contribution in [3.8, 4) is 0 Å². The Morgan fingerprint density at radius 3 is 1.96 bits per heavy atom. The standard InChI is InChI=1S/C20H35NO7/c1-14(22)5-7-26-12-16(13-27-8-6-15(2)23)21-19(25)11-20(3,4)28-18-9-17(24)10-18/h16-18,24H,5-13H2,1-4H3,(H,21,25). The van der Waals surface area contributed by atoms with Crippen molar-refractivity contribution >= 4 is 17.5 Å². The van der Waals surface area contributed by atoms with Crippen LogP contribution in [0.1, 0.15) is 59.8 Å². The van der Waals surface area contributed by atoms with E-state index in [0.717, 1.165) is 0 Å². The number of ketones is 2. The number of Topliss-reactive ketones (excluding diaryl/α,β-unsaturated/α-hetero) is 2. The van der Waals surface area contributed by atoms with Gasteiger partial charge in [-0.3, -0.25) is 14.4 Å². The number of amides is 1. The summed E-state index contributed by atoms with van der Waals surface area (Å²) in [5, 5.41) is 12.2. The molecule has 0 unspecified atom stereocenters. The Bertz CT molecular complexity index is 493. The molecule has 2 N–H and O–H groups in total. The lowest BCUT2D eigenvalue weighted by atomic mass is 9.91. The first kappa shape index (κ1) is 24.7. The van der Waals surface area contributed by atoms with Crippen LogP contribution in [0.25, 0.3) is 0 Å². The molecule has 0 heterocycles. The van der Waals surface area contributed by atoms with E-state index in [1.54, 1.807) is 0 Å². The van der Waals surface area contributed by atoms with Gasteiger partial charge in [0.2, 0.25) is 5.91 Å². The third-order valence-corrected chi connectivity index (χ3v) is 4.34. The molecule has 0 spiro atoms. The van der Waals surface area contributed by atoms with Gasteiger partial charge in [-0.2, -0.15) is 0 Å². The van der Waals surface area contributed by atoms with Crippen molar-refractivity contribution in [2.45, 2.75) is 83.6 Å². The van der Waals surface area contributed by atoms with Gasteiger partial charge in [0.05, 0.1) is 56.7 Å². The number of hydrogen-bond donors (Lipinski definition) is 2. The Hall–Kier alpha value is -1.35. The molecule has 8 heteroatoms. The van der Waals surface area contributed by atoms with Crippen molar-refractivity contribution in [1.82, 2.24) is 5.32 Å². The van der Waals surface area contributed by atoms with Gasteiger partial charge in [-0.15, -0.1) is 0 Å². The zero-order chi connectivity index (χ0) is 21.2. The van der Waals surface area contributed by atoms with E-state index in [4.69, 9.17) is 14.2 Å². The maximum atomic E-state index is 12.4. The molecule has 0 aromatic heterocycles. The minimum atomic E-state index is -0.648. The van der Waals surface area contributed by atoms with Crippen LogP contribution in [-0.2, 0) is 28.6 Å². The topological polar surface area (TPSA) is 111 Å². The Kier molecular flexibility index (Phi) is 10.8. The molecule has 1 aliphatic rings. The highest BCUT2D eigenvalue weighted by Gasteiger charge is 2.34. The van der Waals surface area contributed by atoms with E-state index in [2.05, 4.69) is 5.32 Å². The first-order valence-corrected chi connectivity index (χ1v) is 9.87. The van der Waals surface area contributed by atoms with E-state index in [-0.39, 0.29) is 68.6 Å². The summed E-state index contributed by atoms with van der Waals surface area (Å²) in [6, 6.07) is -0.382. The first-order chi connectivity index (χ1) is 13.1. The first-order valence-electron chi connectivity index (χ1n) is 9.87. The van der Waals surface area contributed by atoms with Crippen molar-refractivity contribution in [3.05, 3.63) is 0 Å². The van der Waals surface area contributed by atoms with Crippen LogP contribution in [0.4, 0.5) is 0 Å². The molecule has 0 aliphatic heterocycles. The highest BCUT2D eigenvalue weighted by Crippen LogP contribution is 2.29. The summed E-state index contributed by atoms with van der Waals surface area (Å²) in [5.41, 5.74) is -0.648. The lowest BCUT2D eigenvalue weighted by Gasteiger charge is -2.38. The van der Waals surface area contributed by atoms with Crippen LogP contribution in [-0.4, -0.2) is 72.9 Å². The van der Waals surface area contributed by atoms with Gasteiger partial charge >= 0.3 is 0 Å². The molecule has 1 amide bonds. The minimum absolute atomic E-state index is 0.0153. The third kappa shape index (κ3) is 11.5. The van der Waals surface area contributed by atoms with Gasteiger partial charge in [0.15, 0.2) is 0 Å². The van der Waals surface area contributed by atoms with Crippen LogP contribution in [0.15, 0.2) is 0 Å². The van der Waals surface area contributed by atoms with Crippen molar-refractivity contribution in [2.24, 2.45) is 0 Å². The second kappa shape index (κ2) is 12.3. The average molecular weight is 402 g/mol. The van der Waals surface area contributed by atoms with Gasteiger partial charge in [-0.1, -0.05) is 0 Å². The van der Waals surface area contributed by atoms with Crippen LogP contribution < -0.4 is 5.32 Å². The highest BCUT2D eigenvalue weighted by molar-refractivity contribution is 5.77. The molecule has 1 rings (SSSR count). The average Bonchev–Trinajstić information content (AvgIpc) is 2.52. The van der Waals surface area contributed by atoms with Gasteiger partial charge in [0, 0.05) is 12.8 Å². The van der Waals surface area contributed by atoms with Crippen LogP contribution >= 0.6 is 0 Å². The Morgan fingerprint density at radius 2 is 1.54 bits per heavy atom. The Balaban J connectivity index is 2.42. The summed E-state index contributed by atoms with van der Waals surface area (Å²) in [7, 11) is 0. The van der Waals surface area contributed by atoms with Crippen LogP contribution in [0.2, 0.25) is 0 Å². The molecule has 0 saturated heterocycles. The van der Waals surface area contributed by atoms with Gasteiger partial charge < -0.3 is 24.6 Å². The summed E-state index contributed by atoms with van der Waals surface area (Å²) in [4.78, 5) is 34.4. The van der Waals surface area contributed by atoms with Crippen molar-refractivity contribution in [1.29, 1.82) is 0 Å². The lowest BCUT2D eigenvalue weighted by Crippen LogP contribution is -2.47. The third-order valence-electron chi connectivity index (χ3n) is 4.34. The van der Waals surface area contributed by atoms with Crippen molar-refractivity contribution < 1.29 is 33.7 Å². The van der Waals surface area contributed by atoms with E-state index in [0.29, 0.717) is 25.7 Å². The van der Waals surface area contributed by atoms with Crippen LogP contribution in [0, 0.1) is 0 Å². The Morgan fingerprint density at radius 1 is 1.04 bits per heavy atom. The molecule has 1 aliphatic carbocycles. The zero-order valence-corrected chi connectivity index (χ0v) is 17.5. The molecule has 0 aromatic rings. The van der Waals surface area contributed by atoms with E-state index in [9.17, 15) is 19.5 Å². The largest absolute Gasteiger partial charge is 0.393 e. The predicted octanol–water partition coefficient (Wildman–Crippen LogP) is 1.17. The molecule has 0 radical (unpaired) electrons. The van der Waals surface area contributed by atoms with Crippen LogP contribution in [0.3, 0.4) is 0 Å². The normalized spacial score (nSPS) is 19.4. The molecule has 0 aromatic carbocycles. The van der Waals surface area contributed by atoms with E-state index in [1.165, 1.54) is 13.8 Å². The molecule has 0 atom stereocenters. The van der Waals surface area contributed by atoms with E-state index < -0.39 is 5.60 Å². The fourth-order valence-electron chi connectivity index (χ4n) is 2.81. The molecule has 8 nitrogen and oxygen atoms in total. The van der Waals surface area contributed by atoms with Crippen LogP contribution in [0.5, 0.6) is 0 Å². The number of aliphatic hydroxyl groups excluding tert-OH is 1. The number of carbonyl (C=O) groups is 3. The molecule has 1 fully saturated rings. The van der Waals surface area contributed by atoms with Gasteiger partial charge in [0.1, 0.15) is 11.6 Å². The molecule has 0 bridgehead atoms. The smallest absolute Gasteiger partial charge is 0.223 e. The maximum Gasteiger partial charge on any atom is 0.223 e. The molecule has 162 valence electrons. The second-order valence-corrected chi connectivity index (χ2v) is 8.12. The summed E-state index contributed by atoms with van der Waals surface area (Å²) in [6.45, 7) is 7.69. The predicted molar refractivity (Wildman–Crippen MR) is 103 cm³/mol. The zero-order valence-electron chi connectivity index (χ0n) is 17.5. The lowest BCUT2D eigenvalue weighted by molar-refractivity contribution is -0.152. The van der Waals surface area contributed by atoms with Gasteiger partial charge in [-0.05, 0) is 40.5 Å². The monoisotopic (exact) mass is 401 g/mol. The molecule has 28 heavy (non-hydrogen) atoms. The van der Waals surface area contributed by atoms with E-state index >= 15 is 0 Å². The fraction of sp³-hybridized carbons (Fsp3) is 0.850. The number of rotatable bonds is 15.